The number of rotatable bonds is 1. The van der Waals surface area contributed by atoms with Gasteiger partial charge < -0.3 is 4.74 Å². The van der Waals surface area contributed by atoms with Crippen LogP contribution in [0.3, 0.4) is 0 Å². The van der Waals surface area contributed by atoms with Crippen molar-refractivity contribution in [3.05, 3.63) is 0 Å². The molecule has 2 aliphatic rings. The first kappa shape index (κ1) is 9.37. The molecule has 1 saturated heterocycles. The number of ketones is 1. The molecule has 76 valence electrons. The summed E-state index contributed by atoms with van der Waals surface area (Å²) in [6.45, 7) is 1.53. The Labute approximate surface area is 81.6 Å². The van der Waals surface area contributed by atoms with E-state index in [-0.39, 0.29) is 23.5 Å². The molecule has 0 aromatic heterocycles. The molecule has 3 atom stereocenters. The molecule has 1 heterocycles. The van der Waals surface area contributed by atoms with Crippen LogP contribution >= 0.6 is 0 Å². The first-order chi connectivity index (χ1) is 6.59. The molecule has 2 rings (SSSR count). The van der Waals surface area contributed by atoms with Gasteiger partial charge in [-0.05, 0) is 26.2 Å². The standard InChI is InChI=1S/C10H12O4/c1-5(11)6-2-3-7-8(4-6)10(13)14-9(7)12/h6-8H,2-4H2,1H3. The third-order valence-corrected chi connectivity index (χ3v) is 3.23. The van der Waals surface area contributed by atoms with E-state index in [0.717, 1.165) is 0 Å². The molecule has 0 aromatic carbocycles. The SMILES string of the molecule is CC(=O)C1CCC2C(=O)OC(=O)C2C1. The predicted molar refractivity (Wildman–Crippen MR) is 46.1 cm³/mol. The number of hydrogen-bond donors (Lipinski definition) is 0. The summed E-state index contributed by atoms with van der Waals surface area (Å²) in [5.41, 5.74) is 0. The summed E-state index contributed by atoms with van der Waals surface area (Å²) in [5.74, 6) is -1.43. The van der Waals surface area contributed by atoms with Gasteiger partial charge in [-0.3, -0.25) is 14.4 Å². The highest BCUT2D eigenvalue weighted by molar-refractivity contribution is 5.97. The average Bonchev–Trinajstić information content (AvgIpc) is 2.42. The first-order valence-corrected chi connectivity index (χ1v) is 4.85. The second-order valence-corrected chi connectivity index (χ2v) is 4.07. The molecule has 0 aromatic rings. The average molecular weight is 196 g/mol. The maximum absolute atomic E-state index is 11.2. The highest BCUT2D eigenvalue weighted by Gasteiger charge is 2.48. The Balaban J connectivity index is 2.13. The van der Waals surface area contributed by atoms with Gasteiger partial charge in [-0.15, -0.1) is 0 Å². The minimum absolute atomic E-state index is 0.0605. The molecule has 0 bridgehead atoms. The summed E-state index contributed by atoms with van der Waals surface area (Å²) in [6, 6.07) is 0. The summed E-state index contributed by atoms with van der Waals surface area (Å²) >= 11 is 0. The van der Waals surface area contributed by atoms with Crippen LogP contribution in [0.25, 0.3) is 0 Å². The molecule has 1 aliphatic heterocycles. The van der Waals surface area contributed by atoms with E-state index in [9.17, 15) is 14.4 Å². The fourth-order valence-corrected chi connectivity index (χ4v) is 2.33. The topological polar surface area (TPSA) is 60.4 Å². The van der Waals surface area contributed by atoms with Crippen LogP contribution in [0.5, 0.6) is 0 Å². The highest BCUT2D eigenvalue weighted by atomic mass is 16.6. The Morgan fingerprint density at radius 3 is 2.50 bits per heavy atom. The zero-order chi connectivity index (χ0) is 10.3. The van der Waals surface area contributed by atoms with E-state index in [0.29, 0.717) is 19.3 Å². The summed E-state index contributed by atoms with van der Waals surface area (Å²) in [7, 11) is 0. The third kappa shape index (κ3) is 1.35. The number of ether oxygens (including phenoxy) is 1. The maximum atomic E-state index is 11.2. The summed E-state index contributed by atoms with van der Waals surface area (Å²) in [4.78, 5) is 33.5. The second kappa shape index (κ2) is 3.19. The molecule has 1 saturated carbocycles. The number of hydrogen-bond acceptors (Lipinski definition) is 4. The molecule has 4 nitrogen and oxygen atoms in total. The van der Waals surface area contributed by atoms with Gasteiger partial charge in [-0.1, -0.05) is 0 Å². The largest absolute Gasteiger partial charge is 0.393 e. The van der Waals surface area contributed by atoms with Gasteiger partial charge in [-0.2, -0.15) is 0 Å². The van der Waals surface area contributed by atoms with Crippen molar-refractivity contribution in [2.75, 3.05) is 0 Å². The Kier molecular flexibility index (Phi) is 2.13. The van der Waals surface area contributed by atoms with Crippen LogP contribution in [0, 0.1) is 17.8 Å². The summed E-state index contributed by atoms with van der Waals surface area (Å²) in [5, 5.41) is 0. The van der Waals surface area contributed by atoms with Crippen molar-refractivity contribution in [1.29, 1.82) is 0 Å². The number of carbonyl (C=O) groups is 3. The van der Waals surface area contributed by atoms with E-state index >= 15 is 0 Å². The van der Waals surface area contributed by atoms with Gasteiger partial charge in [0, 0.05) is 5.92 Å². The highest BCUT2D eigenvalue weighted by Crippen LogP contribution is 2.39. The second-order valence-electron chi connectivity index (χ2n) is 4.07. The normalized spacial score (nSPS) is 36.5. The van der Waals surface area contributed by atoms with Crippen molar-refractivity contribution < 1.29 is 19.1 Å². The monoisotopic (exact) mass is 196 g/mol. The molecule has 4 heteroatoms. The molecule has 14 heavy (non-hydrogen) atoms. The predicted octanol–water partition coefficient (Wildman–Crippen LogP) is 0.691. The molecule has 0 spiro atoms. The van der Waals surface area contributed by atoms with Crippen molar-refractivity contribution in [3.8, 4) is 0 Å². The van der Waals surface area contributed by atoms with Gasteiger partial charge in [-0.25, -0.2) is 0 Å². The molecular weight excluding hydrogens is 184 g/mol. The van der Waals surface area contributed by atoms with Gasteiger partial charge in [0.25, 0.3) is 0 Å². The molecule has 0 amide bonds. The van der Waals surface area contributed by atoms with Crippen LogP contribution < -0.4 is 0 Å². The molecule has 0 radical (unpaired) electrons. The lowest BCUT2D eigenvalue weighted by Crippen LogP contribution is -2.29. The third-order valence-electron chi connectivity index (χ3n) is 3.23. The number of Topliss-reactive ketones (excluding diaryl/α,β-unsaturated/α-hetero) is 1. The molecule has 0 N–H and O–H groups in total. The summed E-state index contributed by atoms with van der Waals surface area (Å²) in [6.07, 6.45) is 1.81. The molecule has 3 unspecified atom stereocenters. The van der Waals surface area contributed by atoms with Crippen LogP contribution in [0.1, 0.15) is 26.2 Å². The Morgan fingerprint density at radius 1 is 1.21 bits per heavy atom. The molecular formula is C10H12O4. The zero-order valence-corrected chi connectivity index (χ0v) is 7.99. The van der Waals surface area contributed by atoms with Crippen LogP contribution in [0.15, 0.2) is 0 Å². The number of cyclic esters (lactones) is 2. The molecule has 2 fully saturated rings. The maximum Gasteiger partial charge on any atom is 0.317 e. The lowest BCUT2D eigenvalue weighted by atomic mass is 9.74. The Hall–Kier alpha value is -1.19. The minimum atomic E-state index is -0.439. The Morgan fingerprint density at radius 2 is 1.86 bits per heavy atom. The molecule has 1 aliphatic carbocycles. The van der Waals surface area contributed by atoms with Crippen LogP contribution in [0.2, 0.25) is 0 Å². The fourth-order valence-electron chi connectivity index (χ4n) is 2.33. The van der Waals surface area contributed by atoms with Crippen LogP contribution in [0.4, 0.5) is 0 Å². The fraction of sp³-hybridized carbons (Fsp3) is 0.700. The van der Waals surface area contributed by atoms with E-state index in [1.54, 1.807) is 0 Å². The van der Waals surface area contributed by atoms with E-state index in [4.69, 9.17) is 0 Å². The lowest BCUT2D eigenvalue weighted by Gasteiger charge is -2.25. The van der Waals surface area contributed by atoms with E-state index in [1.165, 1.54) is 6.92 Å². The van der Waals surface area contributed by atoms with Gasteiger partial charge in [0.15, 0.2) is 0 Å². The van der Waals surface area contributed by atoms with Crippen LogP contribution in [-0.4, -0.2) is 17.7 Å². The van der Waals surface area contributed by atoms with Gasteiger partial charge in [0.05, 0.1) is 11.8 Å². The van der Waals surface area contributed by atoms with Crippen molar-refractivity contribution in [3.63, 3.8) is 0 Å². The van der Waals surface area contributed by atoms with Crippen molar-refractivity contribution in [2.24, 2.45) is 17.8 Å². The van der Waals surface area contributed by atoms with Crippen molar-refractivity contribution in [2.45, 2.75) is 26.2 Å². The smallest absolute Gasteiger partial charge is 0.317 e. The van der Waals surface area contributed by atoms with E-state index < -0.39 is 11.9 Å². The zero-order valence-electron chi connectivity index (χ0n) is 7.99. The van der Waals surface area contributed by atoms with Crippen molar-refractivity contribution >= 4 is 17.7 Å². The Bertz CT molecular complexity index is 307. The summed E-state index contributed by atoms with van der Waals surface area (Å²) < 4.78 is 4.55. The minimum Gasteiger partial charge on any atom is -0.393 e. The quantitative estimate of drug-likeness (QED) is 0.457. The van der Waals surface area contributed by atoms with Gasteiger partial charge in [0.2, 0.25) is 0 Å². The number of esters is 2. The number of carbonyl (C=O) groups excluding carboxylic acids is 3. The first-order valence-electron chi connectivity index (χ1n) is 4.85. The number of fused-ring (bicyclic) bond motifs is 1. The van der Waals surface area contributed by atoms with E-state index in [1.807, 2.05) is 0 Å². The van der Waals surface area contributed by atoms with E-state index in [2.05, 4.69) is 4.74 Å². The lowest BCUT2D eigenvalue weighted by molar-refractivity contribution is -0.153. The van der Waals surface area contributed by atoms with Gasteiger partial charge in [0.1, 0.15) is 5.78 Å². The van der Waals surface area contributed by atoms with Crippen molar-refractivity contribution in [1.82, 2.24) is 0 Å². The van der Waals surface area contributed by atoms with Gasteiger partial charge >= 0.3 is 11.9 Å². The van der Waals surface area contributed by atoms with Crippen LogP contribution in [-0.2, 0) is 19.1 Å².